The summed E-state index contributed by atoms with van der Waals surface area (Å²) >= 11 is 1.57. The molecule has 0 unspecified atom stereocenters. The molecule has 1 fully saturated rings. The van der Waals surface area contributed by atoms with Crippen LogP contribution in [-0.2, 0) is 6.54 Å². The summed E-state index contributed by atoms with van der Waals surface area (Å²) < 4.78 is 0. The highest BCUT2D eigenvalue weighted by Crippen LogP contribution is 2.40. The van der Waals surface area contributed by atoms with E-state index in [1.165, 1.54) is 18.4 Å². The summed E-state index contributed by atoms with van der Waals surface area (Å²) in [7, 11) is 0. The monoisotopic (exact) mass is 240 g/mol. The average molecular weight is 240 g/mol. The Balaban J connectivity index is 1.84. The Labute approximate surface area is 105 Å². The van der Waals surface area contributed by atoms with Crippen molar-refractivity contribution in [3.8, 4) is 11.3 Å². The highest BCUT2D eigenvalue weighted by Gasteiger charge is 2.23. The zero-order valence-corrected chi connectivity index (χ0v) is 10.2. The molecule has 0 amide bonds. The van der Waals surface area contributed by atoms with Gasteiger partial charge in [0.2, 0.25) is 0 Å². The second kappa shape index (κ2) is 4.31. The van der Waals surface area contributed by atoms with Gasteiger partial charge in [-0.1, -0.05) is 24.3 Å². The Morgan fingerprint density at radius 3 is 2.71 bits per heavy atom. The molecule has 3 heteroatoms. The van der Waals surface area contributed by atoms with Gasteiger partial charge in [-0.25, -0.2) is 11.6 Å². The van der Waals surface area contributed by atoms with Crippen LogP contribution in [0.3, 0.4) is 0 Å². The maximum atomic E-state index is 6.83. The largest absolute Gasteiger partial charge is 0.309 e. The predicted molar refractivity (Wildman–Crippen MR) is 69.8 cm³/mol. The van der Waals surface area contributed by atoms with Crippen molar-refractivity contribution in [2.45, 2.75) is 25.3 Å². The van der Waals surface area contributed by atoms with Gasteiger partial charge in [0.05, 0.1) is 5.69 Å². The van der Waals surface area contributed by atoms with Crippen molar-refractivity contribution in [2.75, 3.05) is 0 Å². The molecular weight excluding hydrogens is 228 g/mol. The minimum absolute atomic E-state index is 0.394. The van der Waals surface area contributed by atoms with E-state index in [1.54, 1.807) is 11.3 Å². The first-order valence-corrected chi connectivity index (χ1v) is 6.63. The number of hydrogen-bond donors (Lipinski definition) is 0. The van der Waals surface area contributed by atoms with Crippen LogP contribution in [0.2, 0.25) is 0 Å². The molecule has 0 bridgehead atoms. The summed E-state index contributed by atoms with van der Waals surface area (Å²) in [5.41, 5.74) is 3.60. The summed E-state index contributed by atoms with van der Waals surface area (Å²) in [6.45, 7) is 7.22. The van der Waals surface area contributed by atoms with Crippen LogP contribution in [0.4, 0.5) is 0 Å². The van der Waals surface area contributed by atoms with Crippen LogP contribution < -0.4 is 0 Å². The van der Waals surface area contributed by atoms with Gasteiger partial charge in [-0.2, -0.15) is 0 Å². The van der Waals surface area contributed by atoms with E-state index in [-0.39, 0.29) is 0 Å². The third-order valence-electron chi connectivity index (χ3n) is 3.02. The van der Waals surface area contributed by atoms with Crippen molar-refractivity contribution < 1.29 is 0 Å². The molecular formula is C14H12N2S. The Bertz CT molecular complexity index is 559. The van der Waals surface area contributed by atoms with E-state index in [1.807, 2.05) is 5.38 Å². The van der Waals surface area contributed by atoms with Gasteiger partial charge in [0, 0.05) is 10.9 Å². The Morgan fingerprint density at radius 2 is 2.06 bits per heavy atom. The number of rotatable bonds is 3. The normalized spacial score (nSPS) is 14.5. The molecule has 0 aliphatic heterocycles. The van der Waals surface area contributed by atoms with Crippen molar-refractivity contribution in [1.82, 2.24) is 4.98 Å². The summed E-state index contributed by atoms with van der Waals surface area (Å²) in [6, 6.07) is 8.70. The molecule has 0 atom stereocenters. The van der Waals surface area contributed by atoms with Gasteiger partial charge in [-0.3, -0.25) is 0 Å². The van der Waals surface area contributed by atoms with E-state index in [9.17, 15) is 0 Å². The SMILES string of the molecule is [C-]#[N+]Cc1nc(-c2ccc(C3CC3)cc2)cs1. The van der Waals surface area contributed by atoms with E-state index >= 15 is 0 Å². The lowest BCUT2D eigenvalue weighted by atomic mass is 10.1. The lowest BCUT2D eigenvalue weighted by Crippen LogP contribution is -1.82. The lowest BCUT2D eigenvalue weighted by molar-refractivity contribution is 1.13. The smallest absolute Gasteiger partial charge is 0.265 e. The van der Waals surface area contributed by atoms with E-state index in [0.717, 1.165) is 22.2 Å². The fourth-order valence-electron chi connectivity index (χ4n) is 1.93. The zero-order chi connectivity index (χ0) is 11.7. The summed E-state index contributed by atoms with van der Waals surface area (Å²) in [4.78, 5) is 7.82. The van der Waals surface area contributed by atoms with Gasteiger partial charge in [-0.15, -0.1) is 11.3 Å². The molecule has 1 heterocycles. The minimum atomic E-state index is 0.394. The van der Waals surface area contributed by atoms with Crippen LogP contribution in [0, 0.1) is 6.57 Å². The van der Waals surface area contributed by atoms with Gasteiger partial charge in [0.25, 0.3) is 6.54 Å². The maximum Gasteiger partial charge on any atom is 0.265 e. The van der Waals surface area contributed by atoms with Crippen molar-refractivity contribution in [1.29, 1.82) is 0 Å². The molecule has 1 saturated carbocycles. The van der Waals surface area contributed by atoms with Crippen molar-refractivity contribution >= 4 is 11.3 Å². The summed E-state index contributed by atoms with van der Waals surface area (Å²) in [6.07, 6.45) is 2.68. The van der Waals surface area contributed by atoms with Crippen LogP contribution in [0.15, 0.2) is 29.6 Å². The Kier molecular flexibility index (Phi) is 2.66. The van der Waals surface area contributed by atoms with Gasteiger partial charge >= 0.3 is 0 Å². The number of nitrogens with zero attached hydrogens (tertiary/aromatic N) is 2. The first kappa shape index (κ1) is 10.5. The fraction of sp³-hybridized carbons (Fsp3) is 0.286. The average Bonchev–Trinajstić information content (AvgIpc) is 3.11. The van der Waals surface area contributed by atoms with Crippen LogP contribution in [-0.4, -0.2) is 4.98 Å². The molecule has 3 rings (SSSR count). The first-order chi connectivity index (χ1) is 8.36. The van der Waals surface area contributed by atoms with Crippen LogP contribution in [0.25, 0.3) is 16.1 Å². The molecule has 0 saturated heterocycles. The Hall–Kier alpha value is -1.66. The fourth-order valence-corrected chi connectivity index (χ4v) is 2.65. The first-order valence-electron chi connectivity index (χ1n) is 5.75. The highest BCUT2D eigenvalue weighted by atomic mass is 32.1. The van der Waals surface area contributed by atoms with Gasteiger partial charge < -0.3 is 4.85 Å². The molecule has 2 aromatic rings. The topological polar surface area (TPSA) is 17.2 Å². The van der Waals surface area contributed by atoms with Gasteiger partial charge in [-0.05, 0) is 24.3 Å². The molecule has 1 aromatic carbocycles. The van der Waals surface area contributed by atoms with E-state index in [0.29, 0.717) is 6.54 Å². The lowest BCUT2D eigenvalue weighted by Gasteiger charge is -1.99. The maximum absolute atomic E-state index is 6.83. The molecule has 1 aromatic heterocycles. The van der Waals surface area contributed by atoms with E-state index in [2.05, 4.69) is 34.1 Å². The van der Waals surface area contributed by atoms with Crippen LogP contribution in [0.5, 0.6) is 0 Å². The third kappa shape index (κ3) is 2.22. The second-order valence-corrected chi connectivity index (χ2v) is 5.28. The summed E-state index contributed by atoms with van der Waals surface area (Å²) in [5.74, 6) is 0.803. The molecule has 1 aliphatic rings. The van der Waals surface area contributed by atoms with E-state index in [4.69, 9.17) is 6.57 Å². The number of hydrogen-bond acceptors (Lipinski definition) is 2. The molecule has 0 radical (unpaired) electrons. The summed E-state index contributed by atoms with van der Waals surface area (Å²) in [5, 5.41) is 2.94. The third-order valence-corrected chi connectivity index (χ3v) is 3.85. The molecule has 2 nitrogen and oxygen atoms in total. The van der Waals surface area contributed by atoms with Crippen LogP contribution in [0.1, 0.15) is 29.3 Å². The van der Waals surface area contributed by atoms with Crippen LogP contribution >= 0.6 is 11.3 Å². The number of aromatic nitrogens is 1. The molecule has 0 N–H and O–H groups in total. The molecule has 17 heavy (non-hydrogen) atoms. The zero-order valence-electron chi connectivity index (χ0n) is 9.39. The van der Waals surface area contributed by atoms with Gasteiger partial charge in [0.15, 0.2) is 5.01 Å². The highest BCUT2D eigenvalue weighted by molar-refractivity contribution is 7.09. The van der Waals surface area contributed by atoms with Gasteiger partial charge in [0.1, 0.15) is 0 Å². The van der Waals surface area contributed by atoms with Crippen molar-refractivity contribution in [3.05, 3.63) is 51.6 Å². The minimum Gasteiger partial charge on any atom is -0.309 e. The van der Waals surface area contributed by atoms with E-state index < -0.39 is 0 Å². The quantitative estimate of drug-likeness (QED) is 0.738. The molecule has 1 aliphatic carbocycles. The standard InChI is InChI=1S/C14H12N2S/c1-15-8-14-16-13(9-17-14)12-6-4-11(5-7-12)10-2-3-10/h4-7,9-10H,2-3,8H2. The second-order valence-electron chi connectivity index (χ2n) is 4.34. The molecule has 0 spiro atoms. The molecule has 84 valence electrons. The van der Waals surface area contributed by atoms with Crippen molar-refractivity contribution in [2.24, 2.45) is 0 Å². The number of thiazole rings is 1. The number of benzene rings is 1. The predicted octanol–water partition coefficient (Wildman–Crippen LogP) is 4.11. The van der Waals surface area contributed by atoms with Crippen molar-refractivity contribution in [3.63, 3.8) is 0 Å². The Morgan fingerprint density at radius 1 is 1.29 bits per heavy atom.